The minimum atomic E-state index is -0.0707. The maximum atomic E-state index is 12.3. The molecule has 238 valence electrons. The highest BCUT2D eigenvalue weighted by Gasteiger charge is 2.42. The standard InChI is InChI=1S/C38H52N4O.ClH/c1-37(2)30-20-13-15-22-32(30)41(5)34(37)24-10-8-11-25-35-38(3,4)31-21-14-16-23-33(31)42(35)29-19-9-12-26-36(43)40-28-18-7-6-17-27-39;/h8,10-11,13-16,20-25H,6-7,9,12,17-19,26-29,39H2,1-5H3;1H. The summed E-state index contributed by atoms with van der Waals surface area (Å²) in [6.07, 6.45) is 19.1. The molecule has 2 aromatic carbocycles. The molecule has 0 saturated carbocycles. The van der Waals surface area contributed by atoms with Gasteiger partial charge in [0.05, 0.1) is 5.41 Å². The number of anilines is 1. The summed E-state index contributed by atoms with van der Waals surface area (Å²) in [5.74, 6) is 0.180. The Morgan fingerprint density at radius 3 is 2.27 bits per heavy atom. The summed E-state index contributed by atoms with van der Waals surface area (Å²) in [6, 6.07) is 17.5. The smallest absolute Gasteiger partial charge is 0.219 e. The number of rotatable bonds is 15. The van der Waals surface area contributed by atoms with Crippen LogP contribution in [0.25, 0.3) is 0 Å². The van der Waals surface area contributed by atoms with E-state index < -0.39 is 0 Å². The molecule has 0 spiro atoms. The van der Waals surface area contributed by atoms with Crippen LogP contribution in [0.1, 0.15) is 90.2 Å². The van der Waals surface area contributed by atoms with Gasteiger partial charge >= 0.3 is 0 Å². The van der Waals surface area contributed by atoms with Crippen LogP contribution in [0.2, 0.25) is 0 Å². The molecule has 0 radical (unpaired) electrons. The van der Waals surface area contributed by atoms with Gasteiger partial charge in [0.25, 0.3) is 0 Å². The minimum absolute atomic E-state index is 0. The zero-order valence-corrected chi connectivity index (χ0v) is 28.3. The molecule has 1 amide bonds. The van der Waals surface area contributed by atoms with Crippen LogP contribution in [0, 0.1) is 0 Å². The number of carbonyl (C=O) groups is 1. The lowest BCUT2D eigenvalue weighted by molar-refractivity contribution is -0.401. The summed E-state index contributed by atoms with van der Waals surface area (Å²) in [7, 11) is 2.16. The van der Waals surface area contributed by atoms with Crippen molar-refractivity contribution in [3.05, 3.63) is 95.7 Å². The largest absolute Gasteiger partial charge is 1.00 e. The summed E-state index contributed by atoms with van der Waals surface area (Å²) in [4.78, 5) is 14.7. The molecule has 0 fully saturated rings. The zero-order valence-electron chi connectivity index (χ0n) is 27.5. The number of allylic oxidation sites excluding steroid dienone is 6. The number of para-hydroxylation sites is 2. The van der Waals surface area contributed by atoms with Crippen LogP contribution >= 0.6 is 0 Å². The second-order valence-electron chi connectivity index (χ2n) is 13.0. The lowest BCUT2D eigenvalue weighted by Gasteiger charge is -2.27. The number of halogens is 1. The fourth-order valence-electron chi connectivity index (χ4n) is 6.71. The number of benzene rings is 2. The van der Waals surface area contributed by atoms with Crippen molar-refractivity contribution < 1.29 is 21.8 Å². The summed E-state index contributed by atoms with van der Waals surface area (Å²) < 4.78 is 2.31. The van der Waals surface area contributed by atoms with Crippen LogP contribution < -0.4 is 28.4 Å². The highest BCUT2D eigenvalue weighted by molar-refractivity contribution is 6.03. The van der Waals surface area contributed by atoms with Crippen molar-refractivity contribution in [1.82, 2.24) is 5.32 Å². The molecule has 4 rings (SSSR count). The van der Waals surface area contributed by atoms with Gasteiger partial charge in [-0.05, 0) is 63.8 Å². The van der Waals surface area contributed by atoms with Crippen molar-refractivity contribution in [2.24, 2.45) is 5.73 Å². The number of carbonyl (C=O) groups excluding carboxylic acids is 1. The van der Waals surface area contributed by atoms with Crippen LogP contribution in [-0.2, 0) is 15.6 Å². The van der Waals surface area contributed by atoms with Gasteiger partial charge < -0.3 is 28.4 Å². The van der Waals surface area contributed by atoms with Gasteiger partial charge in [-0.1, -0.05) is 87.7 Å². The number of fused-ring (bicyclic) bond motifs is 2. The van der Waals surface area contributed by atoms with Crippen LogP contribution in [0.4, 0.5) is 11.4 Å². The minimum Gasteiger partial charge on any atom is -1.00 e. The van der Waals surface area contributed by atoms with Gasteiger partial charge in [-0.15, -0.1) is 0 Å². The van der Waals surface area contributed by atoms with Crippen molar-refractivity contribution in [3.63, 3.8) is 0 Å². The summed E-state index contributed by atoms with van der Waals surface area (Å²) in [5, 5.41) is 3.08. The van der Waals surface area contributed by atoms with Crippen molar-refractivity contribution in [1.29, 1.82) is 0 Å². The lowest BCUT2D eigenvalue weighted by atomic mass is 9.81. The number of nitrogens with two attached hydrogens (primary N) is 1. The normalized spacial score (nSPS) is 17.4. The van der Waals surface area contributed by atoms with Crippen LogP contribution in [0.5, 0.6) is 0 Å². The zero-order chi connectivity index (χ0) is 30.9. The van der Waals surface area contributed by atoms with E-state index in [4.69, 9.17) is 5.73 Å². The average Bonchev–Trinajstić information content (AvgIpc) is 3.33. The maximum absolute atomic E-state index is 12.3. The second kappa shape index (κ2) is 16.2. The average molecular weight is 617 g/mol. The number of hydrogen-bond acceptors (Lipinski definition) is 3. The third kappa shape index (κ3) is 8.11. The fourth-order valence-corrected chi connectivity index (χ4v) is 6.71. The monoisotopic (exact) mass is 616 g/mol. The third-order valence-corrected chi connectivity index (χ3v) is 9.21. The highest BCUT2D eigenvalue weighted by atomic mass is 35.5. The predicted octanol–water partition coefficient (Wildman–Crippen LogP) is 4.69. The topological polar surface area (TPSA) is 61.4 Å². The molecule has 5 nitrogen and oxygen atoms in total. The molecule has 44 heavy (non-hydrogen) atoms. The van der Waals surface area contributed by atoms with Crippen molar-refractivity contribution in [2.75, 3.05) is 31.6 Å². The van der Waals surface area contributed by atoms with E-state index >= 15 is 0 Å². The molecular formula is C38H53ClN4O. The van der Waals surface area contributed by atoms with Gasteiger partial charge in [0, 0.05) is 54.0 Å². The number of nitrogens with one attached hydrogen (secondary N) is 1. The first-order valence-electron chi connectivity index (χ1n) is 16.3. The first-order valence-corrected chi connectivity index (χ1v) is 16.3. The Labute approximate surface area is 272 Å². The van der Waals surface area contributed by atoms with E-state index in [1.807, 2.05) is 0 Å². The summed E-state index contributed by atoms with van der Waals surface area (Å²) >= 11 is 0. The Bertz CT molecular complexity index is 1380. The van der Waals surface area contributed by atoms with E-state index in [1.165, 1.54) is 33.9 Å². The van der Waals surface area contributed by atoms with Gasteiger partial charge in [0.15, 0.2) is 5.71 Å². The van der Waals surface area contributed by atoms with Crippen LogP contribution in [0.15, 0.2) is 84.6 Å². The van der Waals surface area contributed by atoms with E-state index in [0.29, 0.717) is 6.42 Å². The van der Waals surface area contributed by atoms with Gasteiger partial charge in [0.2, 0.25) is 11.6 Å². The van der Waals surface area contributed by atoms with Gasteiger partial charge in [-0.2, -0.15) is 4.58 Å². The summed E-state index contributed by atoms with van der Waals surface area (Å²) in [5.41, 5.74) is 13.4. The quantitative estimate of drug-likeness (QED) is 0.173. The van der Waals surface area contributed by atoms with Gasteiger partial charge in [-0.25, -0.2) is 0 Å². The fraction of sp³-hybridized carbons (Fsp3) is 0.474. The number of hydrogen-bond donors (Lipinski definition) is 2. The Hall–Kier alpha value is -3.15. The van der Waals surface area contributed by atoms with Crippen LogP contribution in [0.3, 0.4) is 0 Å². The van der Waals surface area contributed by atoms with E-state index in [1.54, 1.807) is 0 Å². The molecule has 6 heteroatoms. The molecule has 2 heterocycles. The molecule has 2 aromatic rings. The van der Waals surface area contributed by atoms with Crippen LogP contribution in [-0.4, -0.2) is 42.9 Å². The summed E-state index contributed by atoms with van der Waals surface area (Å²) in [6.45, 7) is 11.7. The molecule has 0 aromatic heterocycles. The SMILES string of the molecule is C[N+]1=C(C=CC=CC=C2N(CCCCCC(=O)NCCCCCCN)c3ccccc3C2(C)C)C(C)(C)c2ccccc21.[Cl-]. The Morgan fingerprint density at radius 2 is 1.52 bits per heavy atom. The van der Waals surface area contributed by atoms with Gasteiger partial charge in [0.1, 0.15) is 7.05 Å². The third-order valence-electron chi connectivity index (χ3n) is 9.21. The second-order valence-corrected chi connectivity index (χ2v) is 13.0. The van der Waals surface area contributed by atoms with E-state index in [-0.39, 0.29) is 29.1 Å². The Morgan fingerprint density at radius 1 is 0.841 bits per heavy atom. The van der Waals surface area contributed by atoms with Crippen molar-refractivity contribution >= 4 is 23.0 Å². The Balaban J connectivity index is 0.00000529. The maximum Gasteiger partial charge on any atom is 0.219 e. The molecule has 2 aliphatic rings. The molecule has 0 atom stereocenters. The lowest BCUT2D eigenvalue weighted by Crippen LogP contribution is -3.00. The molecule has 3 N–H and O–H groups in total. The molecule has 0 unspecified atom stereocenters. The molecule has 0 bridgehead atoms. The molecular weight excluding hydrogens is 564 g/mol. The number of amides is 1. The van der Waals surface area contributed by atoms with E-state index in [2.05, 4.69) is 128 Å². The molecule has 0 saturated heterocycles. The predicted molar refractivity (Wildman–Crippen MR) is 182 cm³/mol. The number of unbranched alkanes of at least 4 members (excludes halogenated alkanes) is 5. The first-order chi connectivity index (χ1) is 20.7. The molecule has 2 aliphatic heterocycles. The van der Waals surface area contributed by atoms with E-state index in [9.17, 15) is 4.79 Å². The first kappa shape index (κ1) is 35.3. The molecule has 0 aliphatic carbocycles. The Kier molecular flexibility index (Phi) is 13.0. The van der Waals surface area contributed by atoms with Gasteiger partial charge in [-0.3, -0.25) is 4.79 Å². The van der Waals surface area contributed by atoms with E-state index in [0.717, 1.165) is 64.6 Å². The number of nitrogens with zero attached hydrogens (tertiary/aromatic N) is 2. The van der Waals surface area contributed by atoms with Crippen molar-refractivity contribution in [2.45, 2.75) is 89.9 Å². The van der Waals surface area contributed by atoms with Crippen molar-refractivity contribution in [3.8, 4) is 0 Å². The highest BCUT2D eigenvalue weighted by Crippen LogP contribution is 2.47.